The highest BCUT2D eigenvalue weighted by Crippen LogP contribution is 2.45. The molecule has 1 unspecified atom stereocenters. The van der Waals surface area contributed by atoms with Crippen LogP contribution in [0.1, 0.15) is 32.3 Å². The van der Waals surface area contributed by atoms with Crippen molar-refractivity contribution in [1.29, 1.82) is 0 Å². The smallest absolute Gasteiger partial charge is 0.124 e. The van der Waals surface area contributed by atoms with Crippen molar-refractivity contribution >= 4 is 10.8 Å². The zero-order chi connectivity index (χ0) is 11.3. The van der Waals surface area contributed by atoms with Crippen molar-refractivity contribution in [3.63, 3.8) is 0 Å². The number of ether oxygens (including phenoxy) is 1. The number of benzene rings is 2. The highest BCUT2D eigenvalue weighted by Gasteiger charge is 2.37. The molecule has 3 rings (SSSR count). The Bertz CT molecular complexity index is 554. The predicted molar refractivity (Wildman–Crippen MR) is 67.1 cm³/mol. The van der Waals surface area contributed by atoms with Gasteiger partial charge in [0.05, 0.1) is 0 Å². The Balaban J connectivity index is 2.26. The standard InChI is InChI=1S/C15H16O/c1-10-13-8-11-6-4-5-7-12(11)9-14(13)16-15(10,2)3/h4-10H,1-3H3. The topological polar surface area (TPSA) is 9.23 Å². The molecule has 0 spiro atoms. The second kappa shape index (κ2) is 3.00. The molecule has 0 N–H and O–H groups in total. The first-order chi connectivity index (χ1) is 7.58. The third-order valence-corrected chi connectivity index (χ3v) is 3.76. The average molecular weight is 212 g/mol. The summed E-state index contributed by atoms with van der Waals surface area (Å²) in [7, 11) is 0. The summed E-state index contributed by atoms with van der Waals surface area (Å²) in [4.78, 5) is 0. The molecule has 1 nitrogen and oxygen atoms in total. The molecule has 2 aromatic rings. The average Bonchev–Trinajstić information content (AvgIpc) is 2.47. The Morgan fingerprint density at radius 1 is 1.06 bits per heavy atom. The molecule has 2 aromatic carbocycles. The maximum absolute atomic E-state index is 6.01. The molecule has 1 atom stereocenters. The van der Waals surface area contributed by atoms with Gasteiger partial charge in [-0.05, 0) is 36.8 Å². The number of rotatable bonds is 0. The van der Waals surface area contributed by atoms with Crippen LogP contribution in [0.3, 0.4) is 0 Å². The van der Waals surface area contributed by atoms with E-state index in [0.29, 0.717) is 5.92 Å². The normalized spacial score (nSPS) is 21.8. The zero-order valence-corrected chi connectivity index (χ0v) is 9.95. The molecular weight excluding hydrogens is 196 g/mol. The highest BCUT2D eigenvalue weighted by molar-refractivity contribution is 5.85. The molecule has 1 heteroatoms. The number of fused-ring (bicyclic) bond motifs is 2. The van der Waals surface area contributed by atoms with E-state index in [0.717, 1.165) is 5.75 Å². The fourth-order valence-electron chi connectivity index (χ4n) is 2.41. The lowest BCUT2D eigenvalue weighted by molar-refractivity contribution is 0.116. The minimum Gasteiger partial charge on any atom is -0.487 e. The van der Waals surface area contributed by atoms with E-state index in [9.17, 15) is 0 Å². The van der Waals surface area contributed by atoms with E-state index < -0.39 is 0 Å². The van der Waals surface area contributed by atoms with Crippen molar-refractivity contribution in [2.24, 2.45) is 0 Å². The molecule has 0 amide bonds. The SMILES string of the molecule is CC1c2cc3ccccc3cc2OC1(C)C. The number of hydrogen-bond donors (Lipinski definition) is 0. The van der Waals surface area contributed by atoms with E-state index in [4.69, 9.17) is 4.74 Å². The van der Waals surface area contributed by atoms with Gasteiger partial charge in [-0.1, -0.05) is 31.2 Å². The van der Waals surface area contributed by atoms with Crippen LogP contribution < -0.4 is 4.74 Å². The van der Waals surface area contributed by atoms with Crippen LogP contribution in [0.5, 0.6) is 5.75 Å². The van der Waals surface area contributed by atoms with Crippen LogP contribution in [0.2, 0.25) is 0 Å². The summed E-state index contributed by atoms with van der Waals surface area (Å²) in [5.74, 6) is 1.50. The third kappa shape index (κ3) is 1.24. The lowest BCUT2D eigenvalue weighted by Crippen LogP contribution is -2.28. The van der Waals surface area contributed by atoms with E-state index in [-0.39, 0.29) is 5.60 Å². The summed E-state index contributed by atoms with van der Waals surface area (Å²) in [5.41, 5.74) is 1.25. The Morgan fingerprint density at radius 2 is 1.69 bits per heavy atom. The van der Waals surface area contributed by atoms with Gasteiger partial charge in [-0.2, -0.15) is 0 Å². The Labute approximate surface area is 96.0 Å². The Morgan fingerprint density at radius 3 is 2.38 bits per heavy atom. The van der Waals surface area contributed by atoms with Crippen molar-refractivity contribution < 1.29 is 4.74 Å². The summed E-state index contributed by atoms with van der Waals surface area (Å²) in [6, 6.07) is 12.9. The van der Waals surface area contributed by atoms with E-state index >= 15 is 0 Å². The lowest BCUT2D eigenvalue weighted by atomic mass is 9.88. The van der Waals surface area contributed by atoms with Crippen molar-refractivity contribution in [3.05, 3.63) is 42.0 Å². The minimum absolute atomic E-state index is 0.0836. The predicted octanol–water partition coefficient (Wildman–Crippen LogP) is 4.11. The third-order valence-electron chi connectivity index (χ3n) is 3.76. The van der Waals surface area contributed by atoms with Gasteiger partial charge >= 0.3 is 0 Å². The second-order valence-electron chi connectivity index (χ2n) is 5.16. The van der Waals surface area contributed by atoms with E-state index in [1.165, 1.54) is 16.3 Å². The summed E-state index contributed by atoms with van der Waals surface area (Å²) in [5, 5.41) is 2.56. The summed E-state index contributed by atoms with van der Waals surface area (Å²) >= 11 is 0. The highest BCUT2D eigenvalue weighted by atomic mass is 16.5. The number of hydrogen-bond acceptors (Lipinski definition) is 1. The molecule has 0 radical (unpaired) electrons. The Kier molecular flexibility index (Phi) is 1.82. The summed E-state index contributed by atoms with van der Waals surface area (Å²) in [6.45, 7) is 6.55. The van der Waals surface area contributed by atoms with Crippen LogP contribution >= 0.6 is 0 Å². The first kappa shape index (κ1) is 9.71. The quantitative estimate of drug-likeness (QED) is 0.638. The molecule has 1 aliphatic rings. The van der Waals surface area contributed by atoms with Gasteiger partial charge in [0.1, 0.15) is 11.4 Å². The van der Waals surface area contributed by atoms with Gasteiger partial charge in [0.25, 0.3) is 0 Å². The van der Waals surface area contributed by atoms with Crippen LogP contribution in [0.25, 0.3) is 10.8 Å². The lowest BCUT2D eigenvalue weighted by Gasteiger charge is -2.22. The molecule has 0 bridgehead atoms. The molecule has 0 fully saturated rings. The van der Waals surface area contributed by atoms with Gasteiger partial charge in [-0.15, -0.1) is 0 Å². The van der Waals surface area contributed by atoms with Crippen molar-refractivity contribution in [2.75, 3.05) is 0 Å². The van der Waals surface area contributed by atoms with Crippen LogP contribution in [-0.2, 0) is 0 Å². The summed E-state index contributed by atoms with van der Waals surface area (Å²) < 4.78 is 6.01. The summed E-state index contributed by atoms with van der Waals surface area (Å²) in [6.07, 6.45) is 0. The second-order valence-corrected chi connectivity index (χ2v) is 5.16. The van der Waals surface area contributed by atoms with E-state index in [1.807, 2.05) is 0 Å². The van der Waals surface area contributed by atoms with Crippen molar-refractivity contribution in [3.8, 4) is 5.75 Å². The molecule has 16 heavy (non-hydrogen) atoms. The molecule has 1 heterocycles. The minimum atomic E-state index is -0.0836. The monoisotopic (exact) mass is 212 g/mol. The van der Waals surface area contributed by atoms with Gasteiger partial charge in [0.15, 0.2) is 0 Å². The molecule has 1 aliphatic heterocycles. The molecule has 0 saturated carbocycles. The van der Waals surface area contributed by atoms with Crippen LogP contribution in [0.4, 0.5) is 0 Å². The molecule has 0 aliphatic carbocycles. The van der Waals surface area contributed by atoms with Gasteiger partial charge in [-0.3, -0.25) is 0 Å². The maximum Gasteiger partial charge on any atom is 0.124 e. The van der Waals surface area contributed by atoms with Crippen molar-refractivity contribution in [2.45, 2.75) is 32.3 Å². The van der Waals surface area contributed by atoms with Crippen LogP contribution in [0, 0.1) is 0 Å². The largest absolute Gasteiger partial charge is 0.487 e. The van der Waals surface area contributed by atoms with Gasteiger partial charge in [0, 0.05) is 11.5 Å². The first-order valence-corrected chi connectivity index (χ1v) is 5.79. The van der Waals surface area contributed by atoms with Crippen LogP contribution in [-0.4, -0.2) is 5.60 Å². The van der Waals surface area contributed by atoms with Crippen molar-refractivity contribution in [1.82, 2.24) is 0 Å². The molecular formula is C15H16O. The maximum atomic E-state index is 6.01. The molecule has 0 aromatic heterocycles. The Hall–Kier alpha value is -1.50. The van der Waals surface area contributed by atoms with Gasteiger partial charge in [0.2, 0.25) is 0 Å². The van der Waals surface area contributed by atoms with E-state index in [2.05, 4.69) is 57.2 Å². The fourth-order valence-corrected chi connectivity index (χ4v) is 2.41. The molecule has 82 valence electrons. The fraction of sp³-hybridized carbons (Fsp3) is 0.333. The van der Waals surface area contributed by atoms with E-state index in [1.54, 1.807) is 0 Å². The van der Waals surface area contributed by atoms with Gasteiger partial charge in [-0.25, -0.2) is 0 Å². The zero-order valence-electron chi connectivity index (χ0n) is 9.95. The first-order valence-electron chi connectivity index (χ1n) is 5.79. The van der Waals surface area contributed by atoms with Crippen LogP contribution in [0.15, 0.2) is 36.4 Å². The molecule has 0 saturated heterocycles. The van der Waals surface area contributed by atoms with Gasteiger partial charge < -0.3 is 4.74 Å².